The Hall–Kier alpha value is -3.23. The van der Waals surface area contributed by atoms with Crippen LogP contribution < -0.4 is 5.32 Å². The molecule has 2 N–H and O–H groups in total. The highest BCUT2D eigenvalue weighted by molar-refractivity contribution is 8.00. The maximum atomic E-state index is 12.9. The van der Waals surface area contributed by atoms with Crippen molar-refractivity contribution in [2.75, 3.05) is 5.32 Å². The summed E-state index contributed by atoms with van der Waals surface area (Å²) in [6.45, 7) is 5.97. The van der Waals surface area contributed by atoms with Crippen LogP contribution >= 0.6 is 23.1 Å². The van der Waals surface area contributed by atoms with Crippen LogP contribution in [0.25, 0.3) is 21.3 Å². The zero-order valence-corrected chi connectivity index (χ0v) is 20.1. The van der Waals surface area contributed by atoms with Crippen LogP contribution in [0.3, 0.4) is 0 Å². The average molecular weight is 478 g/mol. The SMILES string of the molecule is CCc1sc2ncnc(SC(C)C(=O)Nc3cc(C=O)ccc3O)c2c1-c1ccc(C)cc1. The van der Waals surface area contributed by atoms with Gasteiger partial charge in [0.05, 0.1) is 16.3 Å². The van der Waals surface area contributed by atoms with E-state index in [1.54, 1.807) is 18.3 Å². The van der Waals surface area contributed by atoms with Gasteiger partial charge in [0, 0.05) is 16.0 Å². The van der Waals surface area contributed by atoms with Crippen molar-refractivity contribution in [3.05, 3.63) is 64.8 Å². The van der Waals surface area contributed by atoms with Crippen molar-refractivity contribution in [3.63, 3.8) is 0 Å². The summed E-state index contributed by atoms with van der Waals surface area (Å²) in [5.41, 5.74) is 3.98. The van der Waals surface area contributed by atoms with Crippen LogP contribution in [0.5, 0.6) is 5.75 Å². The normalized spacial score (nSPS) is 12.0. The number of nitrogens with zero attached hydrogens (tertiary/aromatic N) is 2. The van der Waals surface area contributed by atoms with Gasteiger partial charge in [-0.15, -0.1) is 11.3 Å². The minimum Gasteiger partial charge on any atom is -0.506 e. The number of amides is 1. The molecule has 4 rings (SSSR count). The molecule has 2 heterocycles. The molecule has 2 aromatic carbocycles. The summed E-state index contributed by atoms with van der Waals surface area (Å²) >= 11 is 2.99. The summed E-state index contributed by atoms with van der Waals surface area (Å²) in [5, 5.41) is 14.0. The zero-order valence-electron chi connectivity index (χ0n) is 18.5. The molecule has 0 aliphatic heterocycles. The lowest BCUT2D eigenvalue weighted by molar-refractivity contribution is -0.115. The number of fused-ring (bicyclic) bond motifs is 1. The molecule has 1 unspecified atom stereocenters. The number of thiophene rings is 1. The van der Waals surface area contributed by atoms with E-state index in [4.69, 9.17) is 0 Å². The van der Waals surface area contributed by atoms with Crippen molar-refractivity contribution in [1.82, 2.24) is 9.97 Å². The van der Waals surface area contributed by atoms with E-state index in [2.05, 4.69) is 53.4 Å². The summed E-state index contributed by atoms with van der Waals surface area (Å²) in [4.78, 5) is 35.1. The topological polar surface area (TPSA) is 92.2 Å². The molecule has 1 atom stereocenters. The number of phenols is 1. The molecule has 2 aromatic heterocycles. The van der Waals surface area contributed by atoms with Gasteiger partial charge in [-0.05, 0) is 44.0 Å². The zero-order chi connectivity index (χ0) is 23.5. The van der Waals surface area contributed by atoms with Crippen molar-refractivity contribution in [1.29, 1.82) is 0 Å². The van der Waals surface area contributed by atoms with Gasteiger partial charge >= 0.3 is 0 Å². The van der Waals surface area contributed by atoms with Gasteiger partial charge in [0.2, 0.25) is 5.91 Å². The number of aromatic nitrogens is 2. The predicted molar refractivity (Wildman–Crippen MR) is 134 cm³/mol. The Bertz CT molecular complexity index is 1330. The molecule has 0 saturated carbocycles. The fourth-order valence-electron chi connectivity index (χ4n) is 3.50. The van der Waals surface area contributed by atoms with Crippen molar-refractivity contribution >= 4 is 51.2 Å². The molecule has 0 saturated heterocycles. The van der Waals surface area contributed by atoms with E-state index >= 15 is 0 Å². The van der Waals surface area contributed by atoms with E-state index in [0.29, 0.717) is 11.8 Å². The second-order valence-electron chi connectivity index (χ2n) is 7.62. The Morgan fingerprint density at radius 2 is 1.97 bits per heavy atom. The van der Waals surface area contributed by atoms with E-state index in [9.17, 15) is 14.7 Å². The Balaban J connectivity index is 1.67. The highest BCUT2D eigenvalue weighted by Crippen LogP contribution is 2.43. The maximum Gasteiger partial charge on any atom is 0.237 e. The van der Waals surface area contributed by atoms with Crippen LogP contribution in [0.2, 0.25) is 0 Å². The van der Waals surface area contributed by atoms with Gasteiger partial charge in [0.25, 0.3) is 0 Å². The maximum absolute atomic E-state index is 12.9. The fraction of sp³-hybridized carbons (Fsp3) is 0.200. The molecule has 0 bridgehead atoms. The summed E-state index contributed by atoms with van der Waals surface area (Å²) in [6.07, 6.45) is 3.07. The highest BCUT2D eigenvalue weighted by atomic mass is 32.2. The Kier molecular flexibility index (Phi) is 6.76. The first kappa shape index (κ1) is 22.9. The number of benzene rings is 2. The molecule has 4 aromatic rings. The van der Waals surface area contributed by atoms with Gasteiger partial charge in [0.1, 0.15) is 28.2 Å². The molecule has 0 radical (unpaired) electrons. The lowest BCUT2D eigenvalue weighted by Gasteiger charge is -2.14. The Labute approximate surface area is 200 Å². The summed E-state index contributed by atoms with van der Waals surface area (Å²) in [7, 11) is 0. The van der Waals surface area contributed by atoms with Crippen LogP contribution in [-0.4, -0.2) is 32.5 Å². The van der Waals surface area contributed by atoms with Crippen LogP contribution in [-0.2, 0) is 11.2 Å². The Morgan fingerprint density at radius 3 is 2.67 bits per heavy atom. The second-order valence-corrected chi connectivity index (χ2v) is 10.0. The molecule has 8 heteroatoms. The van der Waals surface area contributed by atoms with Gasteiger partial charge < -0.3 is 10.4 Å². The number of aryl methyl sites for hydroxylation is 2. The van der Waals surface area contributed by atoms with Crippen molar-refractivity contribution in [2.45, 2.75) is 37.5 Å². The summed E-state index contributed by atoms with van der Waals surface area (Å²) < 4.78 is 0. The number of nitrogens with one attached hydrogen (secondary N) is 1. The molecule has 0 aliphatic rings. The largest absolute Gasteiger partial charge is 0.506 e. The minimum atomic E-state index is -0.502. The van der Waals surface area contributed by atoms with E-state index in [1.807, 2.05) is 0 Å². The van der Waals surface area contributed by atoms with Gasteiger partial charge in [0.15, 0.2) is 0 Å². The molecular formula is C25H23N3O3S2. The standard InChI is InChI=1S/C25H23N3O3S2/c1-4-20-21(17-8-5-14(2)6-9-17)22-24(26-13-27-25(22)33-20)32-15(3)23(31)28-18-11-16(12-29)7-10-19(18)30/h5-13,15,30H,4H2,1-3H3,(H,28,31). The summed E-state index contributed by atoms with van der Waals surface area (Å²) in [6, 6.07) is 12.7. The summed E-state index contributed by atoms with van der Waals surface area (Å²) in [5.74, 6) is -0.393. The van der Waals surface area contributed by atoms with E-state index in [0.717, 1.165) is 32.8 Å². The van der Waals surface area contributed by atoms with Gasteiger partial charge in [-0.25, -0.2) is 9.97 Å². The Morgan fingerprint density at radius 1 is 1.21 bits per heavy atom. The quantitative estimate of drug-likeness (QED) is 0.150. The molecule has 1 amide bonds. The third kappa shape index (κ3) is 4.77. The number of carbonyl (C=O) groups is 2. The molecule has 0 fully saturated rings. The van der Waals surface area contributed by atoms with Gasteiger partial charge in [-0.1, -0.05) is 48.5 Å². The first-order chi connectivity index (χ1) is 15.9. The average Bonchev–Trinajstić information content (AvgIpc) is 3.20. The van der Waals surface area contributed by atoms with Crippen molar-refractivity contribution in [2.24, 2.45) is 0 Å². The molecular weight excluding hydrogens is 454 g/mol. The number of hydrogen-bond donors (Lipinski definition) is 2. The number of carbonyl (C=O) groups excluding carboxylic acids is 2. The van der Waals surface area contributed by atoms with Crippen LogP contribution in [0, 0.1) is 6.92 Å². The minimum absolute atomic E-state index is 0.0948. The lowest BCUT2D eigenvalue weighted by Crippen LogP contribution is -2.22. The lowest BCUT2D eigenvalue weighted by atomic mass is 10.0. The second kappa shape index (κ2) is 9.72. The molecule has 6 nitrogen and oxygen atoms in total. The number of aldehydes is 1. The van der Waals surface area contributed by atoms with Crippen molar-refractivity contribution < 1.29 is 14.7 Å². The number of phenolic OH excluding ortho intramolecular Hbond substituents is 1. The van der Waals surface area contributed by atoms with Crippen LogP contribution in [0.1, 0.15) is 34.6 Å². The molecule has 168 valence electrons. The first-order valence-corrected chi connectivity index (χ1v) is 12.2. The number of aromatic hydroxyl groups is 1. The van der Waals surface area contributed by atoms with Crippen molar-refractivity contribution in [3.8, 4) is 16.9 Å². The van der Waals surface area contributed by atoms with Crippen LogP contribution in [0.15, 0.2) is 53.8 Å². The van der Waals surface area contributed by atoms with E-state index in [-0.39, 0.29) is 17.3 Å². The van der Waals surface area contributed by atoms with Gasteiger partial charge in [-0.2, -0.15) is 0 Å². The van der Waals surface area contributed by atoms with Gasteiger partial charge in [-0.3, -0.25) is 9.59 Å². The fourth-order valence-corrected chi connectivity index (χ4v) is 5.59. The molecule has 33 heavy (non-hydrogen) atoms. The molecule has 0 spiro atoms. The van der Waals surface area contributed by atoms with E-state index in [1.165, 1.54) is 46.7 Å². The predicted octanol–water partition coefficient (Wildman–Crippen LogP) is 5.87. The smallest absolute Gasteiger partial charge is 0.237 e. The highest BCUT2D eigenvalue weighted by Gasteiger charge is 2.22. The number of anilines is 1. The molecule has 0 aliphatic carbocycles. The number of rotatable bonds is 7. The number of hydrogen-bond acceptors (Lipinski definition) is 7. The first-order valence-electron chi connectivity index (χ1n) is 10.5. The van der Waals surface area contributed by atoms with Crippen LogP contribution in [0.4, 0.5) is 5.69 Å². The van der Waals surface area contributed by atoms with E-state index < -0.39 is 5.25 Å². The monoisotopic (exact) mass is 477 g/mol. The third-order valence-electron chi connectivity index (χ3n) is 5.26. The third-order valence-corrected chi connectivity index (χ3v) is 7.60. The number of thioether (sulfide) groups is 1.